The van der Waals surface area contributed by atoms with Crippen LogP contribution in [-0.2, 0) is 22.5 Å². The zero-order valence-electron chi connectivity index (χ0n) is 22.8. The van der Waals surface area contributed by atoms with Gasteiger partial charge in [0.1, 0.15) is 11.6 Å². The van der Waals surface area contributed by atoms with Gasteiger partial charge in [0.2, 0.25) is 0 Å². The Balaban J connectivity index is 1.30. The van der Waals surface area contributed by atoms with E-state index in [1.165, 1.54) is 6.07 Å². The van der Waals surface area contributed by atoms with Crippen LogP contribution in [0.15, 0.2) is 40.9 Å². The minimum Gasteiger partial charge on any atom is -0.493 e. The Morgan fingerprint density at radius 2 is 1.82 bits per heavy atom. The van der Waals surface area contributed by atoms with Crippen LogP contribution in [0.25, 0.3) is 0 Å². The van der Waals surface area contributed by atoms with Crippen molar-refractivity contribution in [2.24, 2.45) is 11.7 Å². The molecule has 2 heterocycles. The molecule has 4 rings (SSSR count). The predicted molar refractivity (Wildman–Crippen MR) is 156 cm³/mol. The zero-order chi connectivity index (χ0) is 28.6. The van der Waals surface area contributed by atoms with Gasteiger partial charge < -0.3 is 25.0 Å². The van der Waals surface area contributed by atoms with Crippen molar-refractivity contribution in [1.29, 1.82) is 0 Å². The number of benzene rings is 2. The van der Waals surface area contributed by atoms with Gasteiger partial charge in [-0.3, -0.25) is 9.69 Å². The molecule has 0 bridgehead atoms. The molecular weight excluding hydrogens is 603 g/mol. The van der Waals surface area contributed by atoms with Crippen LogP contribution in [0.4, 0.5) is 9.18 Å². The van der Waals surface area contributed by atoms with Gasteiger partial charge in [-0.05, 0) is 75.2 Å². The maximum absolute atomic E-state index is 14.5. The number of piperidine rings is 1. The van der Waals surface area contributed by atoms with E-state index in [2.05, 4.69) is 25.7 Å². The van der Waals surface area contributed by atoms with Gasteiger partial charge in [-0.1, -0.05) is 33.6 Å². The Morgan fingerprint density at radius 1 is 1.10 bits per heavy atom. The lowest BCUT2D eigenvalue weighted by Gasteiger charge is -2.39. The van der Waals surface area contributed by atoms with E-state index in [4.69, 9.17) is 26.8 Å². The number of amides is 2. The topological polar surface area (TPSA) is 88.3 Å². The fourth-order valence-corrected chi connectivity index (χ4v) is 6.12. The van der Waals surface area contributed by atoms with Crippen molar-refractivity contribution in [2.75, 3.05) is 52.4 Å². The first-order valence-electron chi connectivity index (χ1n) is 13.8. The standard InChI is InChI=1S/C29H37BrClFN4O4/c1-2-39-26-5-3-4-25(32)23(26)19-35-14-16-36(17-15-35)28(37)27(40-29(33)38)20-8-11-34(12-9-20)13-10-21-18-22(31)6-7-24(21)30/h3-7,18,20,27H,2,8-17,19H2,1H3,(H2,33,38)/t27-/m1/s1. The molecule has 0 radical (unpaired) electrons. The molecule has 1 atom stereocenters. The summed E-state index contributed by atoms with van der Waals surface area (Å²) in [5, 5.41) is 0.713. The average Bonchev–Trinajstić information content (AvgIpc) is 2.94. The lowest BCUT2D eigenvalue weighted by molar-refractivity contribution is -0.146. The Hall–Kier alpha value is -2.40. The number of carbonyl (C=O) groups is 2. The maximum Gasteiger partial charge on any atom is 0.405 e. The monoisotopic (exact) mass is 638 g/mol. The van der Waals surface area contributed by atoms with Gasteiger partial charge in [-0.2, -0.15) is 0 Å². The minimum absolute atomic E-state index is 0.0978. The number of likely N-dealkylation sites (tertiary alicyclic amines) is 1. The van der Waals surface area contributed by atoms with Crippen molar-refractivity contribution in [3.8, 4) is 5.75 Å². The lowest BCUT2D eigenvalue weighted by atomic mass is 9.90. The first-order chi connectivity index (χ1) is 19.2. The summed E-state index contributed by atoms with van der Waals surface area (Å²) >= 11 is 9.74. The van der Waals surface area contributed by atoms with E-state index in [-0.39, 0.29) is 17.6 Å². The van der Waals surface area contributed by atoms with Gasteiger partial charge in [-0.25, -0.2) is 9.18 Å². The van der Waals surface area contributed by atoms with Gasteiger partial charge in [-0.15, -0.1) is 0 Å². The molecule has 0 aromatic heterocycles. The molecule has 40 heavy (non-hydrogen) atoms. The number of hydrogen-bond acceptors (Lipinski definition) is 6. The van der Waals surface area contributed by atoms with Gasteiger partial charge in [0.05, 0.1) is 6.61 Å². The van der Waals surface area contributed by atoms with Crippen LogP contribution < -0.4 is 10.5 Å². The molecule has 2 aromatic rings. The van der Waals surface area contributed by atoms with Crippen LogP contribution in [0.2, 0.25) is 5.02 Å². The van der Waals surface area contributed by atoms with E-state index in [0.717, 1.165) is 48.9 Å². The van der Waals surface area contributed by atoms with Crippen molar-refractivity contribution >= 4 is 39.5 Å². The van der Waals surface area contributed by atoms with E-state index in [9.17, 15) is 14.0 Å². The number of primary amides is 1. The third-order valence-electron chi connectivity index (χ3n) is 7.69. The fraction of sp³-hybridized carbons (Fsp3) is 0.517. The summed E-state index contributed by atoms with van der Waals surface area (Å²) in [5.41, 5.74) is 7.06. The highest BCUT2D eigenvalue weighted by Gasteiger charge is 2.37. The largest absolute Gasteiger partial charge is 0.493 e. The summed E-state index contributed by atoms with van der Waals surface area (Å²) in [6, 6.07) is 10.6. The normalized spacial score (nSPS) is 17.9. The summed E-state index contributed by atoms with van der Waals surface area (Å²) in [5.74, 6) is -0.0617. The molecule has 218 valence electrons. The smallest absolute Gasteiger partial charge is 0.405 e. The quantitative estimate of drug-likeness (QED) is 0.406. The average molecular weight is 640 g/mol. The van der Waals surface area contributed by atoms with Crippen LogP contribution >= 0.6 is 27.5 Å². The summed E-state index contributed by atoms with van der Waals surface area (Å²) in [7, 11) is 0. The maximum atomic E-state index is 14.5. The van der Waals surface area contributed by atoms with E-state index in [1.807, 2.05) is 25.1 Å². The molecule has 2 N–H and O–H groups in total. The molecule has 2 aliphatic rings. The van der Waals surface area contributed by atoms with Crippen LogP contribution in [-0.4, -0.2) is 85.2 Å². The van der Waals surface area contributed by atoms with Gasteiger partial charge >= 0.3 is 6.09 Å². The number of piperazine rings is 1. The molecule has 8 nitrogen and oxygen atoms in total. The third kappa shape index (κ3) is 8.09. The molecule has 2 saturated heterocycles. The minimum atomic E-state index is -0.937. The summed E-state index contributed by atoms with van der Waals surface area (Å²) < 4.78 is 26.6. The fourth-order valence-electron chi connectivity index (χ4n) is 5.48. The first kappa shape index (κ1) is 30.6. The zero-order valence-corrected chi connectivity index (χ0v) is 25.1. The van der Waals surface area contributed by atoms with E-state index in [1.54, 1.807) is 17.0 Å². The van der Waals surface area contributed by atoms with Crippen molar-refractivity contribution in [3.05, 3.63) is 62.8 Å². The van der Waals surface area contributed by atoms with Crippen molar-refractivity contribution in [1.82, 2.24) is 14.7 Å². The van der Waals surface area contributed by atoms with Crippen LogP contribution in [0, 0.1) is 11.7 Å². The summed E-state index contributed by atoms with van der Waals surface area (Å²) in [4.78, 5) is 31.5. The molecule has 0 spiro atoms. The molecule has 2 amide bonds. The highest BCUT2D eigenvalue weighted by Crippen LogP contribution is 2.28. The molecule has 0 saturated carbocycles. The number of hydrogen-bond donors (Lipinski definition) is 1. The second kappa shape index (κ2) is 14.5. The molecule has 2 aliphatic heterocycles. The molecule has 11 heteroatoms. The summed E-state index contributed by atoms with van der Waals surface area (Å²) in [6.07, 6.45) is 0.481. The number of ether oxygens (including phenoxy) is 2. The molecule has 2 aromatic carbocycles. The number of rotatable bonds is 10. The predicted octanol–water partition coefficient (Wildman–Crippen LogP) is 4.70. The third-order valence-corrected chi connectivity index (χ3v) is 8.70. The van der Waals surface area contributed by atoms with Crippen LogP contribution in [0.3, 0.4) is 0 Å². The molecule has 0 unspecified atom stereocenters. The van der Waals surface area contributed by atoms with Gasteiger partial charge in [0.25, 0.3) is 5.91 Å². The highest BCUT2D eigenvalue weighted by atomic mass is 79.9. The van der Waals surface area contributed by atoms with E-state index >= 15 is 0 Å². The second-order valence-corrected chi connectivity index (χ2v) is 11.6. The molecule has 0 aliphatic carbocycles. The lowest BCUT2D eigenvalue weighted by Crippen LogP contribution is -2.54. The van der Waals surface area contributed by atoms with Crippen LogP contribution in [0.1, 0.15) is 30.9 Å². The SMILES string of the molecule is CCOc1cccc(F)c1CN1CCN(C(=O)[C@H](OC(N)=O)C2CCN(CCc3cc(Cl)ccc3Br)CC2)CC1. The van der Waals surface area contributed by atoms with Crippen molar-refractivity contribution in [2.45, 2.75) is 38.8 Å². The van der Waals surface area contributed by atoms with Crippen LogP contribution in [0.5, 0.6) is 5.75 Å². The Morgan fingerprint density at radius 3 is 2.50 bits per heavy atom. The van der Waals surface area contributed by atoms with E-state index < -0.39 is 12.2 Å². The van der Waals surface area contributed by atoms with Crippen molar-refractivity contribution < 1.29 is 23.5 Å². The molecular formula is C29H37BrClFN4O4. The number of nitrogens with zero attached hydrogens (tertiary/aromatic N) is 3. The summed E-state index contributed by atoms with van der Waals surface area (Å²) in [6.45, 7) is 7.27. The Bertz CT molecular complexity index is 1170. The van der Waals surface area contributed by atoms with E-state index in [0.29, 0.717) is 55.7 Å². The number of carbonyl (C=O) groups excluding carboxylic acids is 2. The van der Waals surface area contributed by atoms with Crippen molar-refractivity contribution in [3.63, 3.8) is 0 Å². The second-order valence-electron chi connectivity index (χ2n) is 10.3. The van der Waals surface area contributed by atoms with Gasteiger partial charge in [0, 0.05) is 60.2 Å². The molecule has 2 fully saturated rings. The number of halogens is 3. The van der Waals surface area contributed by atoms with Gasteiger partial charge in [0.15, 0.2) is 6.10 Å². The highest BCUT2D eigenvalue weighted by molar-refractivity contribution is 9.10. The number of nitrogens with two attached hydrogens (primary N) is 1. The first-order valence-corrected chi connectivity index (χ1v) is 15.0. The Labute approximate surface area is 248 Å². The Kier molecular flexibility index (Phi) is 11.1.